The average Bonchev–Trinajstić information content (AvgIpc) is 2.89. The second kappa shape index (κ2) is 6.19. The molecule has 3 aromatic rings. The number of anilines is 1. The molecular formula is C16H16N4OS. The van der Waals surface area contributed by atoms with Crippen LogP contribution in [0.2, 0.25) is 0 Å². The number of benzene rings is 1. The van der Waals surface area contributed by atoms with E-state index >= 15 is 0 Å². The fourth-order valence-electron chi connectivity index (χ4n) is 2.04. The van der Waals surface area contributed by atoms with Crippen molar-refractivity contribution in [1.82, 2.24) is 15.0 Å². The number of rotatable bonds is 4. The summed E-state index contributed by atoms with van der Waals surface area (Å²) < 4.78 is 0. The van der Waals surface area contributed by atoms with E-state index in [4.69, 9.17) is 0 Å². The Morgan fingerprint density at radius 1 is 1.32 bits per heavy atom. The zero-order chi connectivity index (χ0) is 15.5. The van der Waals surface area contributed by atoms with Gasteiger partial charge in [-0.1, -0.05) is 23.9 Å². The summed E-state index contributed by atoms with van der Waals surface area (Å²) in [5, 5.41) is 3.29. The molecule has 0 saturated heterocycles. The zero-order valence-electron chi connectivity index (χ0n) is 12.3. The van der Waals surface area contributed by atoms with Crippen molar-refractivity contribution in [2.75, 3.05) is 5.32 Å². The molecule has 112 valence electrons. The molecule has 0 spiro atoms. The standard InChI is InChI=1S/C16H16N4OS/c1-10-7-8-17-14(9-10)20-15(21)11(2)22-16-18-12-5-3-4-6-13(12)19-16/h3-9,11H,1-2H3,(H,18,19)(H,17,20,21). The van der Waals surface area contributed by atoms with Gasteiger partial charge in [-0.2, -0.15) is 0 Å². The number of H-pyrrole nitrogens is 1. The van der Waals surface area contributed by atoms with E-state index in [1.807, 2.05) is 50.2 Å². The number of carbonyl (C=O) groups excluding carboxylic acids is 1. The summed E-state index contributed by atoms with van der Waals surface area (Å²) in [5.74, 6) is 0.477. The van der Waals surface area contributed by atoms with Crippen LogP contribution >= 0.6 is 11.8 Å². The van der Waals surface area contributed by atoms with E-state index in [1.54, 1.807) is 6.20 Å². The number of amides is 1. The lowest BCUT2D eigenvalue weighted by Crippen LogP contribution is -2.23. The molecule has 1 aromatic carbocycles. The molecule has 0 bridgehead atoms. The number of hydrogen-bond donors (Lipinski definition) is 2. The highest BCUT2D eigenvalue weighted by atomic mass is 32.2. The number of thioether (sulfide) groups is 1. The first-order chi connectivity index (χ1) is 10.6. The minimum absolute atomic E-state index is 0.0939. The van der Waals surface area contributed by atoms with Gasteiger partial charge in [0, 0.05) is 6.20 Å². The summed E-state index contributed by atoms with van der Waals surface area (Å²) in [5.41, 5.74) is 2.93. The summed E-state index contributed by atoms with van der Waals surface area (Å²) >= 11 is 1.39. The molecular weight excluding hydrogens is 296 g/mol. The van der Waals surface area contributed by atoms with Gasteiger partial charge in [0.2, 0.25) is 5.91 Å². The van der Waals surface area contributed by atoms with Gasteiger partial charge >= 0.3 is 0 Å². The van der Waals surface area contributed by atoms with Crippen molar-refractivity contribution < 1.29 is 4.79 Å². The summed E-state index contributed by atoms with van der Waals surface area (Å²) in [6.45, 7) is 3.81. The predicted octanol–water partition coefficient (Wildman–Crippen LogP) is 3.39. The Balaban J connectivity index is 1.68. The van der Waals surface area contributed by atoms with E-state index in [0.29, 0.717) is 5.82 Å². The number of imidazole rings is 1. The highest BCUT2D eigenvalue weighted by Gasteiger charge is 2.17. The van der Waals surface area contributed by atoms with Crippen molar-refractivity contribution >= 4 is 34.5 Å². The number of para-hydroxylation sites is 2. The van der Waals surface area contributed by atoms with E-state index < -0.39 is 0 Å². The van der Waals surface area contributed by atoms with Gasteiger partial charge in [-0.25, -0.2) is 9.97 Å². The number of hydrogen-bond acceptors (Lipinski definition) is 4. The van der Waals surface area contributed by atoms with Crippen LogP contribution in [0.5, 0.6) is 0 Å². The zero-order valence-corrected chi connectivity index (χ0v) is 13.1. The summed E-state index contributed by atoms with van der Waals surface area (Å²) in [4.78, 5) is 24.0. The van der Waals surface area contributed by atoms with E-state index in [-0.39, 0.29) is 11.2 Å². The smallest absolute Gasteiger partial charge is 0.238 e. The maximum Gasteiger partial charge on any atom is 0.238 e. The van der Waals surface area contributed by atoms with Crippen LogP contribution in [0.1, 0.15) is 12.5 Å². The first kappa shape index (κ1) is 14.6. The molecule has 1 amide bonds. The van der Waals surface area contributed by atoms with E-state index in [0.717, 1.165) is 21.8 Å². The minimum atomic E-state index is -0.275. The highest BCUT2D eigenvalue weighted by molar-refractivity contribution is 8.00. The third kappa shape index (κ3) is 3.28. The van der Waals surface area contributed by atoms with Gasteiger partial charge < -0.3 is 10.3 Å². The van der Waals surface area contributed by atoms with Crippen LogP contribution in [0.25, 0.3) is 11.0 Å². The molecule has 3 rings (SSSR count). The molecule has 5 nitrogen and oxygen atoms in total. The molecule has 0 aliphatic heterocycles. The molecule has 0 aliphatic rings. The fourth-order valence-corrected chi connectivity index (χ4v) is 2.86. The molecule has 1 atom stereocenters. The number of aryl methyl sites for hydroxylation is 1. The lowest BCUT2D eigenvalue weighted by molar-refractivity contribution is -0.115. The lowest BCUT2D eigenvalue weighted by Gasteiger charge is -2.10. The molecule has 0 radical (unpaired) electrons. The van der Waals surface area contributed by atoms with Gasteiger partial charge in [0.25, 0.3) is 0 Å². The van der Waals surface area contributed by atoms with Gasteiger partial charge in [-0.3, -0.25) is 4.79 Å². The molecule has 2 heterocycles. The van der Waals surface area contributed by atoms with Gasteiger partial charge in [-0.15, -0.1) is 0 Å². The van der Waals surface area contributed by atoms with Crippen LogP contribution in [0.4, 0.5) is 5.82 Å². The molecule has 2 N–H and O–H groups in total. The van der Waals surface area contributed by atoms with Crippen molar-refractivity contribution in [3.63, 3.8) is 0 Å². The van der Waals surface area contributed by atoms with Crippen LogP contribution in [-0.2, 0) is 4.79 Å². The number of nitrogens with one attached hydrogen (secondary N) is 2. The van der Waals surface area contributed by atoms with Crippen LogP contribution in [0, 0.1) is 6.92 Å². The van der Waals surface area contributed by atoms with Gasteiger partial charge in [-0.05, 0) is 43.7 Å². The maximum atomic E-state index is 12.2. The SMILES string of the molecule is Cc1ccnc(NC(=O)C(C)Sc2nc3ccccc3[nH]2)c1. The quantitative estimate of drug-likeness (QED) is 0.725. The largest absolute Gasteiger partial charge is 0.333 e. The molecule has 1 unspecified atom stereocenters. The normalized spacial score (nSPS) is 12.3. The number of aromatic amines is 1. The van der Waals surface area contributed by atoms with E-state index in [9.17, 15) is 4.79 Å². The Hall–Kier alpha value is -2.34. The number of aromatic nitrogens is 3. The maximum absolute atomic E-state index is 12.2. The topological polar surface area (TPSA) is 70.7 Å². The van der Waals surface area contributed by atoms with Crippen LogP contribution in [0.3, 0.4) is 0 Å². The first-order valence-corrected chi connectivity index (χ1v) is 7.85. The number of carbonyl (C=O) groups is 1. The third-order valence-electron chi connectivity index (χ3n) is 3.19. The Morgan fingerprint density at radius 2 is 2.14 bits per heavy atom. The molecule has 0 aliphatic carbocycles. The van der Waals surface area contributed by atoms with Crippen LogP contribution < -0.4 is 5.32 Å². The van der Waals surface area contributed by atoms with E-state index in [2.05, 4.69) is 20.3 Å². The number of pyridine rings is 1. The molecule has 6 heteroatoms. The summed E-state index contributed by atoms with van der Waals surface area (Å²) in [6, 6.07) is 11.5. The lowest BCUT2D eigenvalue weighted by atomic mass is 10.3. The molecule has 22 heavy (non-hydrogen) atoms. The fraction of sp³-hybridized carbons (Fsp3) is 0.188. The van der Waals surface area contributed by atoms with Gasteiger partial charge in [0.1, 0.15) is 5.82 Å². The van der Waals surface area contributed by atoms with Crippen molar-refractivity contribution in [3.05, 3.63) is 48.2 Å². The van der Waals surface area contributed by atoms with E-state index in [1.165, 1.54) is 11.8 Å². The van der Waals surface area contributed by atoms with Gasteiger partial charge in [0.15, 0.2) is 5.16 Å². The molecule has 0 saturated carbocycles. The monoisotopic (exact) mass is 312 g/mol. The van der Waals surface area contributed by atoms with Crippen LogP contribution in [0.15, 0.2) is 47.8 Å². The Kier molecular flexibility index (Phi) is 4.11. The highest BCUT2D eigenvalue weighted by Crippen LogP contribution is 2.24. The van der Waals surface area contributed by atoms with Crippen molar-refractivity contribution in [2.45, 2.75) is 24.3 Å². The number of nitrogens with zero attached hydrogens (tertiary/aromatic N) is 2. The Morgan fingerprint density at radius 3 is 2.91 bits per heavy atom. The number of fused-ring (bicyclic) bond motifs is 1. The van der Waals surface area contributed by atoms with Crippen LogP contribution in [-0.4, -0.2) is 26.1 Å². The summed E-state index contributed by atoms with van der Waals surface area (Å²) in [6.07, 6.45) is 1.68. The minimum Gasteiger partial charge on any atom is -0.333 e. The summed E-state index contributed by atoms with van der Waals surface area (Å²) in [7, 11) is 0. The first-order valence-electron chi connectivity index (χ1n) is 6.97. The van der Waals surface area contributed by atoms with Crippen molar-refractivity contribution in [3.8, 4) is 0 Å². The van der Waals surface area contributed by atoms with Crippen molar-refractivity contribution in [1.29, 1.82) is 0 Å². The third-order valence-corrected chi connectivity index (χ3v) is 4.18. The molecule has 0 fully saturated rings. The Labute approximate surface area is 132 Å². The molecule has 2 aromatic heterocycles. The second-order valence-corrected chi connectivity index (χ2v) is 6.36. The van der Waals surface area contributed by atoms with Gasteiger partial charge in [0.05, 0.1) is 16.3 Å². The van der Waals surface area contributed by atoms with Crippen molar-refractivity contribution in [2.24, 2.45) is 0 Å². The second-order valence-electron chi connectivity index (χ2n) is 5.03. The Bertz CT molecular complexity index is 782. The predicted molar refractivity (Wildman–Crippen MR) is 89.0 cm³/mol. The average molecular weight is 312 g/mol.